The molecule has 0 radical (unpaired) electrons. The number of fused-ring (bicyclic) bond motifs is 1. The standard InChI is InChI=1S/C16H31N3O.HI/c1-3-4-10-20-11-9-18-16(17-2)19-12-14-7-5-6-8-15(14)13-19;/h14-15H,3-13H2,1-2H3,(H,17,18);1H. The first kappa shape index (κ1) is 19.0. The van der Waals surface area contributed by atoms with E-state index < -0.39 is 0 Å². The molecule has 1 heterocycles. The third-order valence-electron chi connectivity index (χ3n) is 4.66. The van der Waals surface area contributed by atoms with Gasteiger partial charge in [-0.05, 0) is 31.1 Å². The maximum absolute atomic E-state index is 5.59. The fourth-order valence-electron chi connectivity index (χ4n) is 3.49. The smallest absolute Gasteiger partial charge is 0.193 e. The highest BCUT2D eigenvalue weighted by atomic mass is 127. The molecule has 2 aliphatic rings. The molecule has 5 heteroatoms. The van der Waals surface area contributed by atoms with Gasteiger partial charge in [-0.1, -0.05) is 26.2 Å². The molecular weight excluding hydrogens is 377 g/mol. The van der Waals surface area contributed by atoms with Gasteiger partial charge in [-0.15, -0.1) is 24.0 Å². The molecule has 4 nitrogen and oxygen atoms in total. The number of aliphatic imine (C=N–C) groups is 1. The Bertz CT molecular complexity index is 298. The third-order valence-corrected chi connectivity index (χ3v) is 4.66. The lowest BCUT2D eigenvalue weighted by Crippen LogP contribution is -2.41. The van der Waals surface area contributed by atoms with E-state index in [1.165, 1.54) is 45.2 Å². The molecule has 0 spiro atoms. The third kappa shape index (κ3) is 5.93. The van der Waals surface area contributed by atoms with E-state index in [-0.39, 0.29) is 24.0 Å². The van der Waals surface area contributed by atoms with Crippen LogP contribution in [0.15, 0.2) is 4.99 Å². The average Bonchev–Trinajstić information content (AvgIpc) is 2.90. The summed E-state index contributed by atoms with van der Waals surface area (Å²) in [5, 5.41) is 3.45. The van der Waals surface area contributed by atoms with E-state index in [0.29, 0.717) is 0 Å². The minimum absolute atomic E-state index is 0. The van der Waals surface area contributed by atoms with Crippen LogP contribution in [0, 0.1) is 11.8 Å². The topological polar surface area (TPSA) is 36.9 Å². The molecule has 1 saturated heterocycles. The number of hydrogen-bond donors (Lipinski definition) is 1. The lowest BCUT2D eigenvalue weighted by molar-refractivity contribution is 0.135. The number of nitrogens with one attached hydrogen (secondary N) is 1. The van der Waals surface area contributed by atoms with Crippen molar-refractivity contribution in [3.8, 4) is 0 Å². The summed E-state index contributed by atoms with van der Waals surface area (Å²) in [6, 6.07) is 0. The van der Waals surface area contributed by atoms with E-state index in [1.807, 2.05) is 7.05 Å². The molecule has 0 amide bonds. The Labute approximate surface area is 147 Å². The fourth-order valence-corrected chi connectivity index (χ4v) is 3.49. The highest BCUT2D eigenvalue weighted by Crippen LogP contribution is 2.35. The minimum atomic E-state index is 0. The molecule has 2 atom stereocenters. The molecule has 1 saturated carbocycles. The van der Waals surface area contributed by atoms with Gasteiger partial charge in [0.05, 0.1) is 6.61 Å². The van der Waals surface area contributed by atoms with Gasteiger partial charge < -0.3 is 15.0 Å². The van der Waals surface area contributed by atoms with Crippen LogP contribution in [0.4, 0.5) is 0 Å². The molecule has 2 unspecified atom stereocenters. The molecule has 1 N–H and O–H groups in total. The Balaban J connectivity index is 0.00000220. The number of ether oxygens (including phenoxy) is 1. The van der Waals surface area contributed by atoms with Crippen LogP contribution in [0.3, 0.4) is 0 Å². The van der Waals surface area contributed by atoms with Gasteiger partial charge in [-0.2, -0.15) is 0 Å². The molecule has 0 aromatic rings. The van der Waals surface area contributed by atoms with Crippen molar-refractivity contribution in [3.63, 3.8) is 0 Å². The first-order chi connectivity index (χ1) is 9.85. The zero-order valence-electron chi connectivity index (χ0n) is 13.6. The summed E-state index contributed by atoms with van der Waals surface area (Å²) in [4.78, 5) is 6.89. The first-order valence-corrected chi connectivity index (χ1v) is 8.38. The van der Waals surface area contributed by atoms with E-state index in [1.54, 1.807) is 0 Å². The Morgan fingerprint density at radius 2 is 1.86 bits per heavy atom. The number of rotatable bonds is 6. The highest BCUT2D eigenvalue weighted by molar-refractivity contribution is 14.0. The molecule has 0 aromatic heterocycles. The lowest BCUT2D eigenvalue weighted by Gasteiger charge is -2.22. The Kier molecular flexibility index (Phi) is 9.64. The predicted octanol–water partition coefficient (Wildman–Crippen LogP) is 3.12. The van der Waals surface area contributed by atoms with E-state index in [9.17, 15) is 0 Å². The maximum Gasteiger partial charge on any atom is 0.193 e. The van der Waals surface area contributed by atoms with Gasteiger partial charge in [0, 0.05) is 33.3 Å². The van der Waals surface area contributed by atoms with Gasteiger partial charge in [0.2, 0.25) is 0 Å². The second-order valence-corrected chi connectivity index (χ2v) is 6.15. The number of hydrogen-bond acceptors (Lipinski definition) is 2. The summed E-state index contributed by atoms with van der Waals surface area (Å²) in [7, 11) is 1.89. The molecule has 0 aromatic carbocycles. The lowest BCUT2D eigenvalue weighted by atomic mass is 9.82. The van der Waals surface area contributed by atoms with Crippen LogP contribution >= 0.6 is 24.0 Å². The maximum atomic E-state index is 5.59. The minimum Gasteiger partial charge on any atom is -0.380 e. The van der Waals surface area contributed by atoms with Crippen molar-refractivity contribution < 1.29 is 4.74 Å². The Morgan fingerprint density at radius 1 is 1.19 bits per heavy atom. The predicted molar refractivity (Wildman–Crippen MR) is 99.5 cm³/mol. The van der Waals surface area contributed by atoms with Crippen molar-refractivity contribution in [3.05, 3.63) is 0 Å². The highest BCUT2D eigenvalue weighted by Gasteiger charge is 2.35. The molecular formula is C16H32IN3O. The Hall–Kier alpha value is -0.0400. The molecule has 2 rings (SSSR count). The van der Waals surface area contributed by atoms with Crippen molar-refractivity contribution >= 4 is 29.9 Å². The van der Waals surface area contributed by atoms with E-state index in [2.05, 4.69) is 22.1 Å². The summed E-state index contributed by atoms with van der Waals surface area (Å²) in [6.45, 7) is 7.10. The monoisotopic (exact) mass is 409 g/mol. The second kappa shape index (κ2) is 10.6. The van der Waals surface area contributed by atoms with Crippen molar-refractivity contribution in [1.82, 2.24) is 10.2 Å². The second-order valence-electron chi connectivity index (χ2n) is 6.15. The van der Waals surface area contributed by atoms with Crippen molar-refractivity contribution in [2.24, 2.45) is 16.8 Å². The summed E-state index contributed by atoms with van der Waals surface area (Å²) in [6.07, 6.45) is 8.03. The number of guanidine groups is 1. The van der Waals surface area contributed by atoms with Gasteiger partial charge in [-0.3, -0.25) is 4.99 Å². The van der Waals surface area contributed by atoms with Gasteiger partial charge >= 0.3 is 0 Å². The first-order valence-electron chi connectivity index (χ1n) is 8.38. The number of halogens is 1. The van der Waals surface area contributed by atoms with Crippen LogP contribution in [-0.2, 0) is 4.74 Å². The summed E-state index contributed by atoms with van der Waals surface area (Å²) in [5.41, 5.74) is 0. The van der Waals surface area contributed by atoms with Crippen LogP contribution in [0.25, 0.3) is 0 Å². The van der Waals surface area contributed by atoms with Crippen LogP contribution in [0.1, 0.15) is 45.4 Å². The molecule has 0 bridgehead atoms. The summed E-state index contributed by atoms with van der Waals surface area (Å²) in [5.74, 6) is 2.88. The molecule has 1 aliphatic carbocycles. The zero-order valence-corrected chi connectivity index (χ0v) is 16.0. The van der Waals surface area contributed by atoms with Crippen molar-refractivity contribution in [1.29, 1.82) is 0 Å². The van der Waals surface area contributed by atoms with E-state index in [0.717, 1.165) is 44.0 Å². The van der Waals surface area contributed by atoms with Crippen molar-refractivity contribution in [2.75, 3.05) is 39.9 Å². The van der Waals surface area contributed by atoms with Gasteiger partial charge in [0.1, 0.15) is 0 Å². The Morgan fingerprint density at radius 3 is 2.43 bits per heavy atom. The van der Waals surface area contributed by atoms with Crippen LogP contribution in [0.5, 0.6) is 0 Å². The normalized spacial score (nSPS) is 25.4. The van der Waals surface area contributed by atoms with Crippen LogP contribution < -0.4 is 5.32 Å². The molecule has 124 valence electrons. The quantitative estimate of drug-likeness (QED) is 0.317. The van der Waals surface area contributed by atoms with Gasteiger partial charge in [-0.25, -0.2) is 0 Å². The van der Waals surface area contributed by atoms with Crippen LogP contribution in [0.2, 0.25) is 0 Å². The number of unbranched alkanes of at least 4 members (excludes halogenated alkanes) is 1. The number of nitrogens with zero attached hydrogens (tertiary/aromatic N) is 2. The summed E-state index contributed by atoms with van der Waals surface area (Å²) < 4.78 is 5.59. The number of likely N-dealkylation sites (tertiary alicyclic amines) is 1. The average molecular weight is 409 g/mol. The van der Waals surface area contributed by atoms with Gasteiger partial charge in [0.15, 0.2) is 5.96 Å². The van der Waals surface area contributed by atoms with E-state index in [4.69, 9.17) is 4.74 Å². The molecule has 21 heavy (non-hydrogen) atoms. The zero-order chi connectivity index (χ0) is 14.2. The SMILES string of the molecule is CCCCOCCNC(=NC)N1CC2CCCCC2C1.I. The van der Waals surface area contributed by atoms with Crippen molar-refractivity contribution in [2.45, 2.75) is 45.4 Å². The molecule has 2 fully saturated rings. The molecule has 1 aliphatic heterocycles. The largest absolute Gasteiger partial charge is 0.380 e. The fraction of sp³-hybridized carbons (Fsp3) is 0.938. The summed E-state index contributed by atoms with van der Waals surface area (Å²) >= 11 is 0. The van der Waals surface area contributed by atoms with Gasteiger partial charge in [0.25, 0.3) is 0 Å². The van der Waals surface area contributed by atoms with Crippen LogP contribution in [-0.4, -0.2) is 50.8 Å². The van der Waals surface area contributed by atoms with E-state index >= 15 is 0 Å².